The van der Waals surface area contributed by atoms with E-state index in [1.807, 2.05) is 43.3 Å². The van der Waals surface area contributed by atoms with Crippen molar-refractivity contribution in [1.29, 1.82) is 0 Å². The molecule has 0 aromatic heterocycles. The number of benzene rings is 3. The molecule has 0 atom stereocenters. The fourth-order valence-electron chi connectivity index (χ4n) is 2.81. The average molecular weight is 367 g/mol. The molecule has 3 aromatic carbocycles. The van der Waals surface area contributed by atoms with E-state index in [1.54, 1.807) is 6.82 Å². The first-order valence-electron chi connectivity index (χ1n) is 8.96. The predicted molar refractivity (Wildman–Crippen MR) is 112 cm³/mol. The maximum Gasteiger partial charge on any atom is 0.156 e. The largest absolute Gasteiger partial charge is 0.207 e. The average Bonchev–Trinajstić information content (AvgIpc) is 2.66. The Bertz CT molecular complexity index is 1110. The maximum absolute atomic E-state index is 13.8. The SMILES string of the molecule is C[B]c1c(F)cc(C#Cc2ccc(C#Cc3ccc(C)cc3C)cc2)cc1F. The Morgan fingerprint density at radius 2 is 1.21 bits per heavy atom. The third-order valence-electron chi connectivity index (χ3n) is 4.33. The van der Waals surface area contributed by atoms with Gasteiger partial charge in [0.2, 0.25) is 0 Å². The molecule has 0 amide bonds. The maximum atomic E-state index is 13.8. The minimum Gasteiger partial charge on any atom is -0.207 e. The molecule has 0 unspecified atom stereocenters. The van der Waals surface area contributed by atoms with Crippen LogP contribution in [0, 0.1) is 49.2 Å². The smallest absolute Gasteiger partial charge is 0.156 e. The van der Waals surface area contributed by atoms with Crippen LogP contribution in [0.15, 0.2) is 54.6 Å². The standard InChI is InChI=1S/C25H18BF2/c1-17-4-12-22(18(2)14-17)13-11-20-7-5-19(6-8-20)9-10-21-15-23(27)25(26-3)24(28)16-21/h4-8,12,14-16H,1-3H3. The zero-order valence-electron chi connectivity index (χ0n) is 16.0. The van der Waals surface area contributed by atoms with E-state index in [0.717, 1.165) is 22.3 Å². The second kappa shape index (κ2) is 8.60. The second-order valence-corrected chi connectivity index (χ2v) is 6.54. The van der Waals surface area contributed by atoms with Gasteiger partial charge >= 0.3 is 0 Å². The molecule has 0 N–H and O–H groups in total. The van der Waals surface area contributed by atoms with Crippen molar-refractivity contribution in [3.63, 3.8) is 0 Å². The highest BCUT2D eigenvalue weighted by Gasteiger charge is 2.08. The number of hydrogen-bond acceptors (Lipinski definition) is 0. The molecule has 0 aliphatic rings. The third kappa shape index (κ3) is 4.70. The lowest BCUT2D eigenvalue weighted by Crippen LogP contribution is -2.20. The summed E-state index contributed by atoms with van der Waals surface area (Å²) in [5, 5.41) is 0. The van der Waals surface area contributed by atoms with E-state index in [1.165, 1.54) is 25.0 Å². The lowest BCUT2D eigenvalue weighted by atomic mass is 9.72. The molecule has 0 spiro atoms. The first-order chi connectivity index (χ1) is 13.5. The molecule has 0 heterocycles. The van der Waals surface area contributed by atoms with Crippen LogP contribution in [0.5, 0.6) is 0 Å². The highest BCUT2D eigenvalue weighted by molar-refractivity contribution is 6.52. The van der Waals surface area contributed by atoms with Crippen molar-refractivity contribution in [1.82, 2.24) is 0 Å². The van der Waals surface area contributed by atoms with Crippen LogP contribution in [0.4, 0.5) is 8.78 Å². The van der Waals surface area contributed by atoms with Crippen molar-refractivity contribution in [2.45, 2.75) is 20.7 Å². The van der Waals surface area contributed by atoms with Crippen LogP contribution in [-0.2, 0) is 0 Å². The van der Waals surface area contributed by atoms with Crippen molar-refractivity contribution < 1.29 is 8.78 Å². The lowest BCUT2D eigenvalue weighted by molar-refractivity contribution is 0.597. The van der Waals surface area contributed by atoms with E-state index < -0.39 is 11.6 Å². The molecule has 3 rings (SSSR count). The molecular weight excluding hydrogens is 349 g/mol. The van der Waals surface area contributed by atoms with E-state index in [-0.39, 0.29) is 5.46 Å². The topological polar surface area (TPSA) is 0 Å². The zero-order valence-corrected chi connectivity index (χ0v) is 16.0. The first kappa shape index (κ1) is 19.5. The molecule has 0 nitrogen and oxygen atoms in total. The summed E-state index contributed by atoms with van der Waals surface area (Å²) < 4.78 is 27.6. The van der Waals surface area contributed by atoms with E-state index in [4.69, 9.17) is 0 Å². The van der Waals surface area contributed by atoms with Gasteiger partial charge in [0.05, 0.1) is 0 Å². The molecule has 0 aliphatic heterocycles. The van der Waals surface area contributed by atoms with Gasteiger partial charge in [0.15, 0.2) is 7.28 Å². The summed E-state index contributed by atoms with van der Waals surface area (Å²) in [4.78, 5) is 0. The second-order valence-electron chi connectivity index (χ2n) is 6.54. The highest BCUT2D eigenvalue weighted by atomic mass is 19.1. The Balaban J connectivity index is 1.78. The summed E-state index contributed by atoms with van der Waals surface area (Å²) in [6.07, 6.45) is 0. The highest BCUT2D eigenvalue weighted by Crippen LogP contribution is 2.10. The molecule has 0 saturated heterocycles. The minimum absolute atomic E-state index is 0.0303. The van der Waals surface area contributed by atoms with Gasteiger partial charge in [-0.15, -0.1) is 0 Å². The van der Waals surface area contributed by atoms with Crippen molar-refractivity contribution in [3.8, 4) is 23.7 Å². The molecule has 1 radical (unpaired) electrons. The fraction of sp³-hybridized carbons (Fsp3) is 0.120. The third-order valence-corrected chi connectivity index (χ3v) is 4.33. The van der Waals surface area contributed by atoms with E-state index in [0.29, 0.717) is 5.56 Å². The molecule has 0 saturated carbocycles. The van der Waals surface area contributed by atoms with Gasteiger partial charge in [-0.25, -0.2) is 8.78 Å². The summed E-state index contributed by atoms with van der Waals surface area (Å²) in [7, 11) is 1.40. The summed E-state index contributed by atoms with van der Waals surface area (Å²) in [5.74, 6) is 10.9. The minimum atomic E-state index is -0.608. The monoisotopic (exact) mass is 367 g/mol. The molecule has 3 heteroatoms. The summed E-state index contributed by atoms with van der Waals surface area (Å²) >= 11 is 0. The van der Waals surface area contributed by atoms with Crippen LogP contribution in [-0.4, -0.2) is 7.28 Å². The first-order valence-corrected chi connectivity index (χ1v) is 8.96. The normalized spacial score (nSPS) is 9.75. The predicted octanol–water partition coefficient (Wildman–Crippen LogP) is 4.76. The fourth-order valence-corrected chi connectivity index (χ4v) is 2.81. The van der Waals surface area contributed by atoms with Gasteiger partial charge in [-0.05, 0) is 67.3 Å². The number of hydrogen-bond donors (Lipinski definition) is 0. The number of aryl methyl sites for hydroxylation is 2. The van der Waals surface area contributed by atoms with Crippen LogP contribution in [0.1, 0.15) is 33.4 Å². The van der Waals surface area contributed by atoms with Crippen LogP contribution < -0.4 is 5.46 Å². The van der Waals surface area contributed by atoms with Crippen LogP contribution in [0.2, 0.25) is 6.82 Å². The molecule has 3 aromatic rings. The van der Waals surface area contributed by atoms with Crippen molar-refractivity contribution >= 4 is 12.7 Å². The van der Waals surface area contributed by atoms with Gasteiger partial charge in [-0.2, -0.15) is 0 Å². The molecule has 0 aliphatic carbocycles. The van der Waals surface area contributed by atoms with Crippen LogP contribution >= 0.6 is 0 Å². The molecule has 0 fully saturated rings. The number of halogens is 2. The van der Waals surface area contributed by atoms with Gasteiger partial charge < -0.3 is 0 Å². The molecular formula is C25H18BF2. The quantitative estimate of drug-likeness (QED) is 0.430. The summed E-state index contributed by atoms with van der Waals surface area (Å²) in [6.45, 7) is 5.70. The van der Waals surface area contributed by atoms with Gasteiger partial charge in [-0.1, -0.05) is 48.2 Å². The van der Waals surface area contributed by atoms with Gasteiger partial charge in [-0.3, -0.25) is 0 Å². The van der Waals surface area contributed by atoms with Crippen molar-refractivity contribution in [2.24, 2.45) is 0 Å². The van der Waals surface area contributed by atoms with Gasteiger partial charge in [0.1, 0.15) is 11.6 Å². The van der Waals surface area contributed by atoms with Gasteiger partial charge in [0, 0.05) is 22.3 Å². The summed E-state index contributed by atoms with van der Waals surface area (Å²) in [6, 6.07) is 16.1. The van der Waals surface area contributed by atoms with E-state index in [2.05, 4.69) is 36.7 Å². The Morgan fingerprint density at radius 1 is 0.679 bits per heavy atom. The Labute approximate surface area is 165 Å². The molecule has 28 heavy (non-hydrogen) atoms. The Hall–Kier alpha value is -3.30. The summed E-state index contributed by atoms with van der Waals surface area (Å²) in [5.41, 5.74) is 5.28. The van der Waals surface area contributed by atoms with Crippen LogP contribution in [0.3, 0.4) is 0 Å². The Morgan fingerprint density at radius 3 is 1.75 bits per heavy atom. The molecule has 135 valence electrons. The lowest BCUT2D eigenvalue weighted by Gasteiger charge is -2.01. The molecule has 0 bridgehead atoms. The Kier molecular flexibility index (Phi) is 5.98. The van der Waals surface area contributed by atoms with E-state index in [9.17, 15) is 8.78 Å². The van der Waals surface area contributed by atoms with Crippen molar-refractivity contribution in [3.05, 3.63) is 99.6 Å². The van der Waals surface area contributed by atoms with Crippen molar-refractivity contribution in [2.75, 3.05) is 0 Å². The van der Waals surface area contributed by atoms with E-state index >= 15 is 0 Å². The zero-order chi connectivity index (χ0) is 20.1. The van der Waals surface area contributed by atoms with Crippen LogP contribution in [0.25, 0.3) is 0 Å². The number of rotatable bonds is 1. The van der Waals surface area contributed by atoms with Gasteiger partial charge in [0.25, 0.3) is 0 Å².